The van der Waals surface area contributed by atoms with E-state index in [1.165, 1.54) is 0 Å². The van der Waals surface area contributed by atoms with Crippen molar-refractivity contribution in [2.45, 2.75) is 45.5 Å². The molecule has 0 spiro atoms. The summed E-state index contributed by atoms with van der Waals surface area (Å²) in [6.45, 7) is 8.64. The van der Waals surface area contributed by atoms with Crippen molar-refractivity contribution in [2.75, 3.05) is 19.0 Å². The third-order valence-electron chi connectivity index (χ3n) is 1.92. The Hall–Kier alpha value is 0.500. The van der Waals surface area contributed by atoms with Gasteiger partial charge in [0.1, 0.15) is 4.99 Å². The SMILES string of the molecule is CCCCSC(C)P(=O)(OCC)OCC. The van der Waals surface area contributed by atoms with E-state index in [1.54, 1.807) is 11.8 Å². The zero-order valence-electron chi connectivity index (χ0n) is 10.2. The summed E-state index contributed by atoms with van der Waals surface area (Å²) in [5.41, 5.74) is 0. The summed E-state index contributed by atoms with van der Waals surface area (Å²) in [6.07, 6.45) is 2.31. The smallest absolute Gasteiger partial charge is 0.308 e. The Bertz CT molecular complexity index is 189. The van der Waals surface area contributed by atoms with Crippen molar-refractivity contribution in [2.24, 2.45) is 0 Å². The van der Waals surface area contributed by atoms with E-state index in [-0.39, 0.29) is 4.99 Å². The Kier molecular flexibility index (Phi) is 8.92. The Labute approximate surface area is 97.8 Å². The molecule has 0 rings (SSSR count). The van der Waals surface area contributed by atoms with Gasteiger partial charge in [-0.3, -0.25) is 4.57 Å². The van der Waals surface area contributed by atoms with Gasteiger partial charge in [-0.25, -0.2) is 0 Å². The maximum absolute atomic E-state index is 12.2. The van der Waals surface area contributed by atoms with Gasteiger partial charge >= 0.3 is 7.60 Å². The van der Waals surface area contributed by atoms with E-state index in [0.29, 0.717) is 13.2 Å². The van der Waals surface area contributed by atoms with E-state index in [2.05, 4.69) is 6.92 Å². The van der Waals surface area contributed by atoms with Crippen molar-refractivity contribution < 1.29 is 13.6 Å². The molecule has 1 unspecified atom stereocenters. The number of unbranched alkanes of at least 4 members (excludes halogenated alkanes) is 1. The van der Waals surface area contributed by atoms with E-state index in [4.69, 9.17) is 9.05 Å². The lowest BCUT2D eigenvalue weighted by atomic mass is 10.4. The Morgan fingerprint density at radius 2 is 1.73 bits per heavy atom. The van der Waals surface area contributed by atoms with Crippen LogP contribution in [-0.4, -0.2) is 24.0 Å². The molecule has 0 saturated carbocycles. The summed E-state index contributed by atoms with van der Waals surface area (Å²) in [6, 6.07) is 0. The molecule has 0 aromatic rings. The third-order valence-corrected chi connectivity index (χ3v) is 6.28. The molecule has 0 saturated heterocycles. The summed E-state index contributed by atoms with van der Waals surface area (Å²) in [5.74, 6) is 1.02. The molecule has 0 heterocycles. The topological polar surface area (TPSA) is 35.5 Å². The third kappa shape index (κ3) is 5.96. The minimum atomic E-state index is -2.89. The first-order valence-electron chi connectivity index (χ1n) is 5.61. The fraction of sp³-hybridized carbons (Fsp3) is 1.00. The molecule has 1 atom stereocenters. The average molecular weight is 254 g/mol. The van der Waals surface area contributed by atoms with Crippen molar-refractivity contribution >= 4 is 19.4 Å². The van der Waals surface area contributed by atoms with Crippen LogP contribution in [0.4, 0.5) is 0 Å². The zero-order valence-corrected chi connectivity index (χ0v) is 11.9. The van der Waals surface area contributed by atoms with Crippen molar-refractivity contribution in [1.29, 1.82) is 0 Å². The van der Waals surface area contributed by atoms with Crippen LogP contribution in [0.5, 0.6) is 0 Å². The first-order chi connectivity index (χ1) is 7.10. The minimum absolute atomic E-state index is 0.0658. The van der Waals surface area contributed by atoms with Crippen LogP contribution in [0, 0.1) is 0 Å². The zero-order chi connectivity index (χ0) is 11.7. The summed E-state index contributed by atoms with van der Waals surface area (Å²) >= 11 is 1.67. The average Bonchev–Trinajstić information content (AvgIpc) is 2.18. The molecule has 0 N–H and O–H groups in total. The van der Waals surface area contributed by atoms with Gasteiger partial charge < -0.3 is 9.05 Å². The predicted molar refractivity (Wildman–Crippen MR) is 67.7 cm³/mol. The highest BCUT2D eigenvalue weighted by molar-refractivity contribution is 8.05. The van der Waals surface area contributed by atoms with Crippen molar-refractivity contribution in [3.63, 3.8) is 0 Å². The quantitative estimate of drug-likeness (QED) is 0.458. The van der Waals surface area contributed by atoms with Crippen LogP contribution < -0.4 is 0 Å². The molecular formula is C10H23O3PS. The van der Waals surface area contributed by atoms with Gasteiger partial charge in [-0.1, -0.05) is 13.3 Å². The van der Waals surface area contributed by atoms with Gasteiger partial charge in [0.25, 0.3) is 0 Å². The standard InChI is InChI=1S/C10H23O3PS/c1-5-8-9-15-10(4)14(11,12-6-2)13-7-3/h10H,5-9H2,1-4H3. The number of rotatable bonds is 9. The lowest BCUT2D eigenvalue weighted by molar-refractivity contribution is 0.219. The first-order valence-corrected chi connectivity index (χ1v) is 8.27. The van der Waals surface area contributed by atoms with E-state index in [1.807, 2.05) is 20.8 Å². The van der Waals surface area contributed by atoms with Gasteiger partial charge in [0.05, 0.1) is 13.2 Å². The highest BCUT2D eigenvalue weighted by Gasteiger charge is 2.31. The van der Waals surface area contributed by atoms with Crippen LogP contribution >= 0.6 is 19.4 Å². The van der Waals surface area contributed by atoms with Crippen molar-refractivity contribution in [3.8, 4) is 0 Å². The minimum Gasteiger partial charge on any atom is -0.308 e. The van der Waals surface area contributed by atoms with E-state index in [9.17, 15) is 4.57 Å². The number of thioether (sulfide) groups is 1. The van der Waals surface area contributed by atoms with Crippen LogP contribution in [0.3, 0.4) is 0 Å². The lowest BCUT2D eigenvalue weighted by Gasteiger charge is -2.22. The molecule has 0 aromatic carbocycles. The van der Waals surface area contributed by atoms with Crippen LogP contribution in [0.15, 0.2) is 0 Å². The monoisotopic (exact) mass is 254 g/mol. The molecule has 0 aliphatic carbocycles. The van der Waals surface area contributed by atoms with E-state index in [0.717, 1.165) is 18.6 Å². The maximum atomic E-state index is 12.2. The molecule has 3 nitrogen and oxygen atoms in total. The van der Waals surface area contributed by atoms with Gasteiger partial charge in [0, 0.05) is 0 Å². The maximum Gasteiger partial charge on any atom is 0.343 e. The van der Waals surface area contributed by atoms with Crippen LogP contribution in [0.25, 0.3) is 0 Å². The Morgan fingerprint density at radius 1 is 1.20 bits per heavy atom. The number of hydrogen-bond acceptors (Lipinski definition) is 4. The molecule has 0 amide bonds. The largest absolute Gasteiger partial charge is 0.343 e. The molecule has 15 heavy (non-hydrogen) atoms. The van der Waals surface area contributed by atoms with Gasteiger partial charge in [-0.15, -0.1) is 11.8 Å². The fourth-order valence-corrected chi connectivity index (χ4v) is 4.52. The van der Waals surface area contributed by atoms with Gasteiger partial charge in [0.15, 0.2) is 0 Å². The molecule has 0 bridgehead atoms. The number of hydrogen-bond donors (Lipinski definition) is 0. The molecule has 0 radical (unpaired) electrons. The van der Waals surface area contributed by atoms with Crippen molar-refractivity contribution in [3.05, 3.63) is 0 Å². The normalized spacial score (nSPS) is 14.1. The molecule has 0 fully saturated rings. The Morgan fingerprint density at radius 3 is 2.13 bits per heavy atom. The summed E-state index contributed by atoms with van der Waals surface area (Å²) in [4.78, 5) is -0.0658. The summed E-state index contributed by atoms with van der Waals surface area (Å²) < 4.78 is 22.8. The molecule has 92 valence electrons. The molecule has 0 aliphatic rings. The molecular weight excluding hydrogens is 231 g/mol. The highest BCUT2D eigenvalue weighted by Crippen LogP contribution is 2.56. The molecule has 5 heteroatoms. The second-order valence-electron chi connectivity index (χ2n) is 3.20. The van der Waals surface area contributed by atoms with Crippen LogP contribution in [-0.2, 0) is 13.6 Å². The molecule has 0 aliphatic heterocycles. The predicted octanol–water partition coefficient (Wildman–Crippen LogP) is 4.13. The lowest BCUT2D eigenvalue weighted by Crippen LogP contribution is -2.07. The Balaban J connectivity index is 4.15. The first kappa shape index (κ1) is 15.5. The summed E-state index contributed by atoms with van der Waals surface area (Å²) in [5, 5.41) is 0. The van der Waals surface area contributed by atoms with Gasteiger partial charge in [-0.2, -0.15) is 0 Å². The van der Waals surface area contributed by atoms with Gasteiger partial charge in [-0.05, 0) is 32.9 Å². The van der Waals surface area contributed by atoms with E-state index >= 15 is 0 Å². The van der Waals surface area contributed by atoms with E-state index < -0.39 is 7.60 Å². The van der Waals surface area contributed by atoms with Crippen LogP contribution in [0.1, 0.15) is 40.5 Å². The second-order valence-corrected chi connectivity index (χ2v) is 7.37. The highest BCUT2D eigenvalue weighted by atomic mass is 32.2. The summed E-state index contributed by atoms with van der Waals surface area (Å²) in [7, 11) is -2.89. The van der Waals surface area contributed by atoms with Crippen LogP contribution in [0.2, 0.25) is 0 Å². The van der Waals surface area contributed by atoms with Crippen molar-refractivity contribution in [1.82, 2.24) is 0 Å². The second kappa shape index (κ2) is 8.63. The fourth-order valence-electron chi connectivity index (χ4n) is 1.10. The molecule has 0 aromatic heterocycles. The van der Waals surface area contributed by atoms with Gasteiger partial charge in [0.2, 0.25) is 0 Å².